The van der Waals surface area contributed by atoms with E-state index in [-0.39, 0.29) is 25.7 Å². The summed E-state index contributed by atoms with van der Waals surface area (Å²) in [4.78, 5) is 72.8. The maximum absolute atomic E-state index is 13.1. The normalized spacial score (nSPS) is 13.9. The van der Waals surface area contributed by atoms with Crippen molar-refractivity contribution in [2.45, 2.75) is 445 Å². The summed E-state index contributed by atoms with van der Waals surface area (Å²) in [6.07, 6.45) is 64.1. The Kier molecular flexibility index (Phi) is 71.6. The average Bonchev–Trinajstić information content (AvgIpc) is 1.19. The van der Waals surface area contributed by atoms with Crippen LogP contribution in [0.5, 0.6) is 0 Å². The second-order valence-electron chi connectivity index (χ2n) is 29.3. The molecule has 99 heavy (non-hydrogen) atoms. The first-order valence-electron chi connectivity index (χ1n) is 41.6. The van der Waals surface area contributed by atoms with Gasteiger partial charge in [-0.15, -0.1) is 0 Å². The summed E-state index contributed by atoms with van der Waals surface area (Å²) in [5.74, 6) is -1.35. The van der Waals surface area contributed by atoms with Gasteiger partial charge in [0.25, 0.3) is 0 Å². The van der Waals surface area contributed by atoms with E-state index in [9.17, 15) is 43.2 Å². The molecule has 19 heteroatoms. The minimum Gasteiger partial charge on any atom is -0.462 e. The van der Waals surface area contributed by atoms with E-state index in [0.29, 0.717) is 25.7 Å². The molecule has 0 aliphatic heterocycles. The SMILES string of the molecule is CCCCCCCCCCCCCCCCCCCCCCC(=O)O[C@H](COC(=O)CCCCCCCCCCCCCCCCCCCC)COP(=O)(O)OC[C@@H](O)COP(=O)(O)OC[C@@H](COC(=O)CCCCCCCCC)OC(=O)CCCCCCCCCCCCCC(C)C. The standard InChI is InChI=1S/C80H156O17P2/c1-6-9-12-15-18-20-22-24-26-28-30-31-33-35-37-41-45-50-55-60-65-79(84)97-76(70-91-78(83)64-59-54-49-44-40-36-34-32-29-27-25-23-21-19-16-13-10-7-2)72-95-99(88,89)93-68-74(81)67-92-98(86,87)94-71-75(69-90-77(82)63-58-53-47-17-14-11-8-3)96-80(85)66-61-56-51-46-42-38-39-43-48-52-57-62-73(4)5/h73-76,81H,6-72H2,1-5H3,(H,86,87)(H,88,89)/t74-,75+,76+/m0/s1. The molecule has 2 unspecified atom stereocenters. The van der Waals surface area contributed by atoms with Crippen molar-refractivity contribution < 1.29 is 80.2 Å². The predicted molar refractivity (Wildman–Crippen MR) is 405 cm³/mol. The smallest absolute Gasteiger partial charge is 0.462 e. The van der Waals surface area contributed by atoms with E-state index in [4.69, 9.17) is 37.0 Å². The van der Waals surface area contributed by atoms with Crippen molar-refractivity contribution in [3.05, 3.63) is 0 Å². The van der Waals surface area contributed by atoms with Crippen LogP contribution in [0.15, 0.2) is 0 Å². The molecule has 588 valence electrons. The number of aliphatic hydroxyl groups is 1. The molecule has 3 N–H and O–H groups in total. The topological polar surface area (TPSA) is 237 Å². The van der Waals surface area contributed by atoms with E-state index in [0.717, 1.165) is 109 Å². The number of hydrogen-bond donors (Lipinski definition) is 3. The van der Waals surface area contributed by atoms with E-state index in [1.807, 2.05) is 0 Å². The third-order valence-electron chi connectivity index (χ3n) is 18.8. The third-order valence-corrected chi connectivity index (χ3v) is 20.7. The van der Waals surface area contributed by atoms with Gasteiger partial charge >= 0.3 is 39.5 Å². The van der Waals surface area contributed by atoms with Crippen LogP contribution < -0.4 is 0 Å². The second kappa shape index (κ2) is 73.0. The molecule has 0 amide bonds. The fraction of sp³-hybridized carbons (Fsp3) is 0.950. The highest BCUT2D eigenvalue weighted by Crippen LogP contribution is 2.45. The zero-order valence-electron chi connectivity index (χ0n) is 64.6. The molecule has 0 radical (unpaired) electrons. The van der Waals surface area contributed by atoms with Gasteiger partial charge in [0.2, 0.25) is 0 Å². The van der Waals surface area contributed by atoms with E-state index in [1.165, 1.54) is 238 Å². The highest BCUT2D eigenvalue weighted by molar-refractivity contribution is 7.47. The monoisotopic (exact) mass is 1450 g/mol. The van der Waals surface area contributed by atoms with E-state index in [2.05, 4.69) is 34.6 Å². The molecule has 5 atom stereocenters. The summed E-state index contributed by atoms with van der Waals surface area (Å²) in [7, 11) is -9.91. The lowest BCUT2D eigenvalue weighted by molar-refractivity contribution is -0.161. The number of hydrogen-bond acceptors (Lipinski definition) is 15. The predicted octanol–water partition coefficient (Wildman–Crippen LogP) is 24.0. The lowest BCUT2D eigenvalue weighted by Gasteiger charge is -2.21. The van der Waals surface area contributed by atoms with Crippen molar-refractivity contribution in [3.63, 3.8) is 0 Å². The molecule has 0 bridgehead atoms. The molecular weight excluding hydrogens is 1290 g/mol. The largest absolute Gasteiger partial charge is 0.472 e. The van der Waals surface area contributed by atoms with Gasteiger partial charge in [0.15, 0.2) is 12.2 Å². The van der Waals surface area contributed by atoms with Gasteiger partial charge in [0.05, 0.1) is 26.4 Å². The molecule has 0 rings (SSSR count). The van der Waals surface area contributed by atoms with Crippen LogP contribution in [-0.2, 0) is 65.4 Å². The van der Waals surface area contributed by atoms with Gasteiger partial charge in [0, 0.05) is 25.7 Å². The summed E-state index contributed by atoms with van der Waals surface area (Å²) in [6, 6.07) is 0. The van der Waals surface area contributed by atoms with E-state index < -0.39 is 97.5 Å². The zero-order valence-corrected chi connectivity index (χ0v) is 66.4. The van der Waals surface area contributed by atoms with E-state index in [1.54, 1.807) is 0 Å². The highest BCUT2D eigenvalue weighted by Gasteiger charge is 2.30. The molecule has 0 fully saturated rings. The Bertz CT molecular complexity index is 1890. The van der Waals surface area contributed by atoms with Crippen molar-refractivity contribution in [3.8, 4) is 0 Å². The van der Waals surface area contributed by atoms with Gasteiger partial charge in [-0.25, -0.2) is 9.13 Å². The molecule has 0 aliphatic rings. The molecular formula is C80H156O17P2. The number of phosphoric ester groups is 2. The van der Waals surface area contributed by atoms with E-state index >= 15 is 0 Å². The Balaban J connectivity index is 5.17. The maximum atomic E-state index is 13.1. The van der Waals surface area contributed by atoms with Crippen molar-refractivity contribution in [2.24, 2.45) is 5.92 Å². The molecule has 0 saturated carbocycles. The summed E-state index contributed by atoms with van der Waals surface area (Å²) >= 11 is 0. The van der Waals surface area contributed by atoms with Gasteiger partial charge in [-0.3, -0.25) is 37.3 Å². The minimum absolute atomic E-state index is 0.107. The van der Waals surface area contributed by atoms with Gasteiger partial charge in [-0.1, -0.05) is 375 Å². The van der Waals surface area contributed by atoms with Crippen molar-refractivity contribution in [1.82, 2.24) is 0 Å². The quantitative estimate of drug-likeness (QED) is 0.0222. The number of unbranched alkanes of at least 4 members (excludes halogenated alkanes) is 52. The van der Waals surface area contributed by atoms with Crippen LogP contribution in [0, 0.1) is 5.92 Å². The number of phosphoric acid groups is 2. The first-order chi connectivity index (χ1) is 48.0. The number of carbonyl (C=O) groups excluding carboxylic acids is 4. The Morgan fingerprint density at radius 2 is 0.465 bits per heavy atom. The lowest BCUT2D eigenvalue weighted by Crippen LogP contribution is -2.30. The second-order valence-corrected chi connectivity index (χ2v) is 32.2. The third kappa shape index (κ3) is 74.1. The molecule has 0 saturated heterocycles. The first kappa shape index (κ1) is 97.1. The van der Waals surface area contributed by atoms with Gasteiger partial charge in [-0.2, -0.15) is 0 Å². The average molecular weight is 1450 g/mol. The minimum atomic E-state index is -4.96. The molecule has 0 heterocycles. The van der Waals surface area contributed by atoms with Gasteiger partial charge < -0.3 is 33.8 Å². The summed E-state index contributed by atoms with van der Waals surface area (Å²) < 4.78 is 68.6. The molecule has 0 aromatic heterocycles. The molecule has 0 aliphatic carbocycles. The number of aliphatic hydroxyl groups excluding tert-OH is 1. The van der Waals surface area contributed by atoms with Crippen LogP contribution in [0.4, 0.5) is 0 Å². The lowest BCUT2D eigenvalue weighted by atomic mass is 10.0. The maximum Gasteiger partial charge on any atom is 0.472 e. The Morgan fingerprint density at radius 1 is 0.273 bits per heavy atom. The van der Waals surface area contributed by atoms with Crippen molar-refractivity contribution >= 4 is 39.5 Å². The number of esters is 4. The molecule has 0 aromatic carbocycles. The number of carbonyl (C=O) groups is 4. The van der Waals surface area contributed by atoms with Gasteiger partial charge in [-0.05, 0) is 31.6 Å². The fourth-order valence-corrected chi connectivity index (χ4v) is 14.0. The number of ether oxygens (including phenoxy) is 4. The fourth-order valence-electron chi connectivity index (χ4n) is 12.4. The highest BCUT2D eigenvalue weighted by atomic mass is 31.2. The molecule has 17 nitrogen and oxygen atoms in total. The summed E-state index contributed by atoms with van der Waals surface area (Å²) in [5, 5.41) is 10.6. The van der Waals surface area contributed by atoms with Crippen LogP contribution in [-0.4, -0.2) is 96.7 Å². The first-order valence-corrected chi connectivity index (χ1v) is 44.6. The zero-order chi connectivity index (χ0) is 72.7. The van der Waals surface area contributed by atoms with Crippen molar-refractivity contribution in [2.75, 3.05) is 39.6 Å². The Morgan fingerprint density at radius 3 is 0.687 bits per heavy atom. The molecule has 0 spiro atoms. The summed E-state index contributed by atoms with van der Waals surface area (Å²) in [6.45, 7) is 7.28. The van der Waals surface area contributed by atoms with Gasteiger partial charge in [0.1, 0.15) is 19.3 Å². The van der Waals surface area contributed by atoms with Crippen LogP contribution in [0.2, 0.25) is 0 Å². The van der Waals surface area contributed by atoms with Crippen LogP contribution in [0.1, 0.15) is 426 Å². The van der Waals surface area contributed by atoms with Crippen molar-refractivity contribution in [1.29, 1.82) is 0 Å². The Labute approximate surface area is 607 Å². The summed E-state index contributed by atoms with van der Waals surface area (Å²) in [5.41, 5.74) is 0. The number of rotatable bonds is 80. The Hall–Kier alpha value is -1.94. The van der Waals surface area contributed by atoms with Crippen LogP contribution in [0.3, 0.4) is 0 Å². The van der Waals surface area contributed by atoms with Crippen LogP contribution >= 0.6 is 15.6 Å². The molecule has 0 aromatic rings. The van der Waals surface area contributed by atoms with Crippen LogP contribution in [0.25, 0.3) is 0 Å².